The van der Waals surface area contributed by atoms with Crippen molar-refractivity contribution in [2.45, 2.75) is 19.6 Å². The molecule has 0 amide bonds. The third kappa shape index (κ3) is 6.98. The van der Waals surface area contributed by atoms with Crippen molar-refractivity contribution in [1.29, 1.82) is 0 Å². The van der Waals surface area contributed by atoms with Gasteiger partial charge in [0.1, 0.15) is 0 Å². The smallest absolute Gasteiger partial charge is 0.207 e. The first-order chi connectivity index (χ1) is 36.7. The second-order valence-electron chi connectivity index (χ2n) is 18.7. The van der Waals surface area contributed by atoms with Crippen LogP contribution in [0.15, 0.2) is 274 Å². The molecular weight excluding hydrogens is 965 g/mol. The van der Waals surface area contributed by atoms with Gasteiger partial charge in [0, 0.05) is 61.1 Å². The van der Waals surface area contributed by atoms with Crippen LogP contribution in [0.25, 0.3) is 105 Å². The number of sulfone groups is 2. The van der Waals surface area contributed by atoms with Gasteiger partial charge in [-0.1, -0.05) is 127 Å². The van der Waals surface area contributed by atoms with Crippen molar-refractivity contribution in [2.24, 2.45) is 0 Å². The van der Waals surface area contributed by atoms with E-state index in [1.165, 1.54) is 52.0 Å². The van der Waals surface area contributed by atoms with Crippen LogP contribution in [0.1, 0.15) is 0 Å². The van der Waals surface area contributed by atoms with E-state index in [4.69, 9.17) is 0 Å². The molecule has 4 aromatic heterocycles. The van der Waals surface area contributed by atoms with Gasteiger partial charge in [0.2, 0.25) is 19.7 Å². The molecular formula is C65H42N4O4S2. The molecule has 0 unspecified atom stereocenters. The largest absolute Gasteiger partial charge is 0.309 e. The monoisotopic (exact) mass is 1010 g/mol. The fourth-order valence-corrected chi connectivity index (χ4v) is 14.3. The van der Waals surface area contributed by atoms with E-state index in [-0.39, 0.29) is 30.8 Å². The molecule has 0 spiro atoms. The maximum Gasteiger partial charge on any atom is 0.207 e. The predicted molar refractivity (Wildman–Crippen MR) is 302 cm³/mol. The lowest BCUT2D eigenvalue weighted by Gasteiger charge is -2.18. The molecule has 358 valence electrons. The standard InChI is InChI=1S/C65H42N4O4S2/c70-74(71,48-17-3-1-4-18-48)63-39-44(40-64(65(63)56-25-15-16-38-66-56)75(72,73)49-19-5-2-6-20-49)43-30-32-45(33-31-43)67-61-36-34-46(68-57-26-11-7-21-50(57)51-22-8-12-27-58(51)68)41-54(61)55-42-47(35-37-62(55)67)69-59-28-13-9-23-52(59)53-24-10-14-29-60(53)69/h1-42H. The van der Waals surface area contributed by atoms with E-state index in [0.717, 1.165) is 60.9 Å². The lowest BCUT2D eigenvalue weighted by atomic mass is 10.0. The first kappa shape index (κ1) is 44.4. The molecule has 4 heterocycles. The Kier molecular flexibility index (Phi) is 10.1. The van der Waals surface area contributed by atoms with E-state index in [1.807, 2.05) is 24.3 Å². The summed E-state index contributed by atoms with van der Waals surface area (Å²) in [6.07, 6.45) is 1.53. The van der Waals surface area contributed by atoms with Crippen LogP contribution in [-0.2, 0) is 19.7 Å². The summed E-state index contributed by atoms with van der Waals surface area (Å²) in [5.41, 5.74) is 10.7. The highest BCUT2D eigenvalue weighted by atomic mass is 32.2. The van der Waals surface area contributed by atoms with Crippen molar-refractivity contribution in [1.82, 2.24) is 18.7 Å². The van der Waals surface area contributed by atoms with Crippen molar-refractivity contribution < 1.29 is 16.8 Å². The third-order valence-electron chi connectivity index (χ3n) is 14.5. The van der Waals surface area contributed by atoms with Gasteiger partial charge in [0.15, 0.2) is 0 Å². The lowest BCUT2D eigenvalue weighted by Crippen LogP contribution is -2.11. The lowest BCUT2D eigenvalue weighted by molar-refractivity contribution is 0.594. The van der Waals surface area contributed by atoms with E-state index in [0.29, 0.717) is 11.1 Å². The number of rotatable bonds is 9. The fourth-order valence-electron chi connectivity index (χ4n) is 11.2. The van der Waals surface area contributed by atoms with Gasteiger partial charge in [-0.05, 0) is 132 Å². The van der Waals surface area contributed by atoms with Crippen LogP contribution in [0.2, 0.25) is 0 Å². The molecule has 0 aliphatic rings. The Bertz CT molecular complexity index is 4470. The minimum absolute atomic E-state index is 0.00880. The van der Waals surface area contributed by atoms with Crippen molar-refractivity contribution in [2.75, 3.05) is 0 Å². The number of benzene rings is 10. The molecule has 0 atom stereocenters. The van der Waals surface area contributed by atoms with Crippen molar-refractivity contribution >= 4 is 85.1 Å². The first-order valence-corrected chi connectivity index (χ1v) is 27.6. The summed E-state index contributed by atoms with van der Waals surface area (Å²) < 4.78 is 66.6. The Labute approximate surface area is 432 Å². The normalized spacial score (nSPS) is 12.2. The number of nitrogens with zero attached hydrogens (tertiary/aromatic N) is 4. The maximum absolute atomic E-state index is 14.9. The molecule has 0 aliphatic carbocycles. The van der Waals surface area contributed by atoms with Crippen LogP contribution >= 0.6 is 0 Å². The van der Waals surface area contributed by atoms with Crippen LogP contribution in [-0.4, -0.2) is 35.5 Å². The Morgan fingerprint density at radius 3 is 1.07 bits per heavy atom. The van der Waals surface area contributed by atoms with Gasteiger partial charge in [0.05, 0.1) is 58.4 Å². The zero-order chi connectivity index (χ0) is 50.4. The molecule has 0 radical (unpaired) electrons. The minimum Gasteiger partial charge on any atom is -0.309 e. The number of para-hydroxylation sites is 4. The SMILES string of the molecule is O=S(=O)(c1ccccc1)c1cc(-c2ccc(-n3c4ccc(-n5c6ccccc6c6ccccc65)cc4c4cc(-n5c6ccccc6c6ccccc65)ccc43)cc2)cc(S(=O)(=O)c2ccccc2)c1-c1ccccn1. The summed E-state index contributed by atoms with van der Waals surface area (Å²) >= 11 is 0. The molecule has 10 aromatic carbocycles. The molecule has 0 aliphatic heterocycles. The Hall–Kier alpha value is -9.35. The van der Waals surface area contributed by atoms with Crippen molar-refractivity contribution in [3.63, 3.8) is 0 Å². The number of aromatic nitrogens is 4. The molecule has 0 bridgehead atoms. The minimum atomic E-state index is -4.31. The number of fused-ring (bicyclic) bond motifs is 9. The summed E-state index contributed by atoms with van der Waals surface area (Å²) in [5, 5.41) is 6.87. The second kappa shape index (κ2) is 17.1. The number of hydrogen-bond donors (Lipinski definition) is 0. The summed E-state index contributed by atoms with van der Waals surface area (Å²) in [7, 11) is -8.61. The average molecular weight is 1010 g/mol. The van der Waals surface area contributed by atoms with Crippen LogP contribution in [0, 0.1) is 0 Å². The number of hydrogen-bond acceptors (Lipinski definition) is 5. The maximum atomic E-state index is 14.9. The third-order valence-corrected chi connectivity index (χ3v) is 18.1. The molecule has 0 fully saturated rings. The zero-order valence-electron chi connectivity index (χ0n) is 40.0. The molecule has 0 saturated carbocycles. The van der Waals surface area contributed by atoms with E-state index < -0.39 is 19.7 Å². The molecule has 0 saturated heterocycles. The summed E-state index contributed by atoms with van der Waals surface area (Å²) in [5.74, 6) is 0. The molecule has 0 N–H and O–H groups in total. The van der Waals surface area contributed by atoms with Crippen molar-refractivity contribution in [3.05, 3.63) is 255 Å². The number of pyridine rings is 1. The predicted octanol–water partition coefficient (Wildman–Crippen LogP) is 15.4. The summed E-state index contributed by atoms with van der Waals surface area (Å²) in [4.78, 5) is 4.28. The van der Waals surface area contributed by atoms with Gasteiger partial charge in [-0.3, -0.25) is 4.98 Å². The van der Waals surface area contributed by atoms with Gasteiger partial charge < -0.3 is 13.7 Å². The second-order valence-corrected chi connectivity index (χ2v) is 22.6. The average Bonchev–Trinajstić information content (AvgIpc) is 4.14. The molecule has 75 heavy (non-hydrogen) atoms. The van der Waals surface area contributed by atoms with Gasteiger partial charge in [-0.2, -0.15) is 0 Å². The van der Waals surface area contributed by atoms with Crippen LogP contribution in [0.3, 0.4) is 0 Å². The summed E-state index contributed by atoms with van der Waals surface area (Å²) in [6, 6.07) is 79.8. The van der Waals surface area contributed by atoms with Crippen LogP contribution in [0.5, 0.6) is 0 Å². The van der Waals surface area contributed by atoms with E-state index in [9.17, 15) is 16.8 Å². The van der Waals surface area contributed by atoms with Gasteiger partial charge in [-0.25, -0.2) is 16.8 Å². The topological polar surface area (TPSA) is 96.0 Å². The van der Waals surface area contributed by atoms with Gasteiger partial charge >= 0.3 is 0 Å². The Morgan fingerprint density at radius 1 is 0.293 bits per heavy atom. The van der Waals surface area contributed by atoms with Crippen LogP contribution < -0.4 is 0 Å². The van der Waals surface area contributed by atoms with E-state index >= 15 is 0 Å². The highest BCUT2D eigenvalue weighted by molar-refractivity contribution is 7.92. The van der Waals surface area contributed by atoms with Gasteiger partial charge in [-0.15, -0.1) is 0 Å². The fraction of sp³-hybridized carbons (Fsp3) is 0. The Morgan fingerprint density at radius 2 is 0.653 bits per heavy atom. The van der Waals surface area contributed by atoms with E-state index in [1.54, 1.807) is 66.7 Å². The van der Waals surface area contributed by atoms with Crippen LogP contribution in [0.4, 0.5) is 0 Å². The molecule has 14 rings (SSSR count). The van der Waals surface area contributed by atoms with Crippen molar-refractivity contribution in [3.8, 4) is 39.4 Å². The highest BCUT2D eigenvalue weighted by Crippen LogP contribution is 2.43. The molecule has 14 aromatic rings. The molecule has 8 nitrogen and oxygen atoms in total. The summed E-state index contributed by atoms with van der Waals surface area (Å²) in [6.45, 7) is 0. The zero-order valence-corrected chi connectivity index (χ0v) is 41.6. The quantitative estimate of drug-likeness (QED) is 0.144. The molecule has 10 heteroatoms. The highest BCUT2D eigenvalue weighted by Gasteiger charge is 2.32. The van der Waals surface area contributed by atoms with Gasteiger partial charge in [0.25, 0.3) is 0 Å². The van der Waals surface area contributed by atoms with E-state index in [2.05, 4.69) is 152 Å². The first-order valence-electron chi connectivity index (χ1n) is 24.6. The Balaban J connectivity index is 0.987.